The molecular formula is C20H29IN4O2. The molecule has 0 bridgehead atoms. The maximum atomic E-state index is 5.63. The van der Waals surface area contributed by atoms with Gasteiger partial charge in [0.05, 0.1) is 25.9 Å². The molecule has 148 valence electrons. The molecule has 1 unspecified atom stereocenters. The van der Waals surface area contributed by atoms with Crippen molar-refractivity contribution >= 4 is 29.9 Å². The van der Waals surface area contributed by atoms with Crippen LogP contribution in [0.25, 0.3) is 0 Å². The highest BCUT2D eigenvalue weighted by Crippen LogP contribution is 2.25. The van der Waals surface area contributed by atoms with E-state index in [1.54, 1.807) is 19.5 Å². The number of methoxy groups -OCH3 is 1. The van der Waals surface area contributed by atoms with E-state index in [2.05, 4.69) is 40.5 Å². The number of benzene rings is 1. The first-order valence-electron chi connectivity index (χ1n) is 8.86. The zero-order valence-electron chi connectivity index (χ0n) is 16.4. The van der Waals surface area contributed by atoms with Crippen LogP contribution < -0.4 is 20.1 Å². The Morgan fingerprint density at radius 3 is 2.78 bits per heavy atom. The molecule has 0 radical (unpaired) electrons. The van der Waals surface area contributed by atoms with Crippen LogP contribution in [0.2, 0.25) is 0 Å². The molecular weight excluding hydrogens is 455 g/mol. The molecule has 6 nitrogen and oxygen atoms in total. The van der Waals surface area contributed by atoms with Crippen LogP contribution in [0.4, 0.5) is 0 Å². The van der Waals surface area contributed by atoms with Crippen LogP contribution >= 0.6 is 24.0 Å². The van der Waals surface area contributed by atoms with Crippen LogP contribution in [0.3, 0.4) is 0 Å². The summed E-state index contributed by atoms with van der Waals surface area (Å²) in [6, 6.07) is 9.96. The third kappa shape index (κ3) is 7.62. The Bertz CT molecular complexity index is 710. The number of nitrogens with zero attached hydrogens (tertiary/aromatic N) is 2. The number of aliphatic imine (C=N–C) groups is 1. The van der Waals surface area contributed by atoms with E-state index < -0.39 is 0 Å². The second-order valence-corrected chi connectivity index (χ2v) is 5.91. The molecule has 0 spiro atoms. The molecule has 7 heteroatoms. The first kappa shape index (κ1) is 23.0. The van der Waals surface area contributed by atoms with E-state index in [4.69, 9.17) is 9.47 Å². The van der Waals surface area contributed by atoms with Gasteiger partial charge < -0.3 is 20.1 Å². The van der Waals surface area contributed by atoms with E-state index in [0.29, 0.717) is 13.2 Å². The van der Waals surface area contributed by atoms with Gasteiger partial charge in [0, 0.05) is 18.3 Å². The van der Waals surface area contributed by atoms with Crippen molar-refractivity contribution in [2.45, 2.75) is 26.8 Å². The molecule has 27 heavy (non-hydrogen) atoms. The summed E-state index contributed by atoms with van der Waals surface area (Å²) in [5.41, 5.74) is 2.30. The molecule has 1 heterocycles. The third-order valence-electron chi connectivity index (χ3n) is 3.81. The Morgan fingerprint density at radius 1 is 1.30 bits per heavy atom. The van der Waals surface area contributed by atoms with Gasteiger partial charge in [-0.3, -0.25) is 4.98 Å². The zero-order valence-corrected chi connectivity index (χ0v) is 18.7. The molecule has 0 aliphatic carbocycles. The molecule has 2 aromatic rings. The summed E-state index contributed by atoms with van der Waals surface area (Å²) in [6.45, 7) is 8.03. The minimum absolute atomic E-state index is 0. The lowest BCUT2D eigenvalue weighted by molar-refractivity contribution is 0.327. The lowest BCUT2D eigenvalue weighted by atomic mass is 10.0. The quantitative estimate of drug-likeness (QED) is 0.259. The molecule has 1 aromatic carbocycles. The van der Waals surface area contributed by atoms with Gasteiger partial charge in [-0.15, -0.1) is 24.0 Å². The topological polar surface area (TPSA) is 67.8 Å². The molecule has 0 aliphatic heterocycles. The van der Waals surface area contributed by atoms with Gasteiger partial charge in [-0.2, -0.15) is 0 Å². The summed E-state index contributed by atoms with van der Waals surface area (Å²) in [4.78, 5) is 8.61. The van der Waals surface area contributed by atoms with E-state index >= 15 is 0 Å². The maximum Gasteiger partial charge on any atom is 0.191 e. The van der Waals surface area contributed by atoms with E-state index in [-0.39, 0.29) is 30.0 Å². The Kier molecular flexibility index (Phi) is 10.5. The predicted molar refractivity (Wildman–Crippen MR) is 120 cm³/mol. The lowest BCUT2D eigenvalue weighted by Crippen LogP contribution is -2.39. The summed E-state index contributed by atoms with van der Waals surface area (Å²) in [5, 5.41) is 6.69. The second-order valence-electron chi connectivity index (χ2n) is 5.91. The van der Waals surface area contributed by atoms with Crippen molar-refractivity contribution in [1.29, 1.82) is 0 Å². The van der Waals surface area contributed by atoms with Crippen molar-refractivity contribution in [3.63, 3.8) is 0 Å². The van der Waals surface area contributed by atoms with E-state index in [9.17, 15) is 0 Å². The summed E-state index contributed by atoms with van der Waals surface area (Å²) < 4.78 is 11.1. The van der Waals surface area contributed by atoms with Gasteiger partial charge in [-0.1, -0.05) is 17.7 Å². The SMILES string of the molecule is CCNC(=NCCOc1cccnc1)NC(C)c1cc(C)ccc1OC.I. The summed E-state index contributed by atoms with van der Waals surface area (Å²) in [6.07, 6.45) is 3.42. The second kappa shape index (κ2) is 12.4. The molecule has 1 aromatic heterocycles. The van der Waals surface area contributed by atoms with Crippen LogP contribution in [0, 0.1) is 6.92 Å². The molecule has 0 aliphatic rings. The van der Waals surface area contributed by atoms with Crippen molar-refractivity contribution in [1.82, 2.24) is 15.6 Å². The highest BCUT2D eigenvalue weighted by Gasteiger charge is 2.13. The van der Waals surface area contributed by atoms with Gasteiger partial charge in [-0.25, -0.2) is 4.99 Å². The van der Waals surface area contributed by atoms with Crippen molar-refractivity contribution in [3.8, 4) is 11.5 Å². The number of aromatic nitrogens is 1. The van der Waals surface area contributed by atoms with E-state index in [0.717, 1.165) is 29.6 Å². The van der Waals surface area contributed by atoms with Gasteiger partial charge >= 0.3 is 0 Å². The molecule has 1 atom stereocenters. The minimum atomic E-state index is 0. The maximum absolute atomic E-state index is 5.63. The number of ether oxygens (including phenoxy) is 2. The largest absolute Gasteiger partial charge is 0.496 e. The number of aryl methyl sites for hydroxylation is 1. The smallest absolute Gasteiger partial charge is 0.191 e. The summed E-state index contributed by atoms with van der Waals surface area (Å²) in [7, 11) is 1.69. The van der Waals surface area contributed by atoms with Crippen molar-refractivity contribution in [2.75, 3.05) is 26.8 Å². The van der Waals surface area contributed by atoms with Crippen molar-refractivity contribution < 1.29 is 9.47 Å². The Balaban J connectivity index is 0.00000364. The molecule has 0 saturated heterocycles. The average Bonchev–Trinajstić information content (AvgIpc) is 2.66. The molecule has 2 N–H and O–H groups in total. The monoisotopic (exact) mass is 484 g/mol. The fourth-order valence-corrected chi connectivity index (χ4v) is 2.55. The molecule has 0 saturated carbocycles. The third-order valence-corrected chi connectivity index (χ3v) is 3.81. The highest BCUT2D eigenvalue weighted by molar-refractivity contribution is 14.0. The Hall–Kier alpha value is -2.03. The fraction of sp³-hybridized carbons (Fsp3) is 0.400. The lowest BCUT2D eigenvalue weighted by Gasteiger charge is -2.20. The van der Waals surface area contributed by atoms with Crippen molar-refractivity contribution in [2.24, 2.45) is 4.99 Å². The zero-order chi connectivity index (χ0) is 18.8. The normalized spacial score (nSPS) is 11.9. The predicted octanol–water partition coefficient (Wildman–Crippen LogP) is 3.71. The minimum Gasteiger partial charge on any atom is -0.496 e. The number of guanidine groups is 1. The van der Waals surface area contributed by atoms with Gasteiger partial charge in [0.25, 0.3) is 0 Å². The van der Waals surface area contributed by atoms with E-state index in [1.165, 1.54) is 5.56 Å². The first-order valence-corrected chi connectivity index (χ1v) is 8.86. The van der Waals surface area contributed by atoms with Gasteiger partial charge in [0.15, 0.2) is 5.96 Å². The van der Waals surface area contributed by atoms with Gasteiger partial charge in [-0.05, 0) is 39.0 Å². The highest BCUT2D eigenvalue weighted by atomic mass is 127. The van der Waals surface area contributed by atoms with Crippen LogP contribution in [0.15, 0.2) is 47.7 Å². The first-order chi connectivity index (χ1) is 12.6. The number of nitrogens with one attached hydrogen (secondary N) is 2. The Labute approximate surface area is 178 Å². The number of hydrogen-bond acceptors (Lipinski definition) is 4. The van der Waals surface area contributed by atoms with Crippen LogP contribution in [-0.4, -0.2) is 37.7 Å². The molecule has 0 fully saturated rings. The standard InChI is InChI=1S/C20H28N4O2.HI/c1-5-22-20(23-11-12-26-17-7-6-10-21-14-17)24-16(3)18-13-15(2)8-9-19(18)25-4;/h6-10,13-14,16H,5,11-12H2,1-4H3,(H2,22,23,24);1H. The van der Waals surface area contributed by atoms with Gasteiger partial charge in [0.2, 0.25) is 0 Å². The van der Waals surface area contributed by atoms with E-state index in [1.807, 2.05) is 31.2 Å². The summed E-state index contributed by atoms with van der Waals surface area (Å²) >= 11 is 0. The van der Waals surface area contributed by atoms with Crippen molar-refractivity contribution in [3.05, 3.63) is 53.9 Å². The molecule has 2 rings (SSSR count). The number of rotatable bonds is 8. The molecule has 0 amide bonds. The fourth-order valence-electron chi connectivity index (χ4n) is 2.55. The van der Waals surface area contributed by atoms with Gasteiger partial charge in [0.1, 0.15) is 18.1 Å². The number of pyridine rings is 1. The van der Waals surface area contributed by atoms with Crippen LogP contribution in [0.5, 0.6) is 11.5 Å². The number of hydrogen-bond donors (Lipinski definition) is 2. The Morgan fingerprint density at radius 2 is 2.11 bits per heavy atom. The number of halogens is 1. The average molecular weight is 484 g/mol. The summed E-state index contributed by atoms with van der Waals surface area (Å²) in [5.74, 6) is 2.36. The van der Waals surface area contributed by atoms with Crippen LogP contribution in [0.1, 0.15) is 31.0 Å². The van der Waals surface area contributed by atoms with Crippen LogP contribution in [-0.2, 0) is 0 Å².